The van der Waals surface area contributed by atoms with Crippen LogP contribution < -0.4 is 5.32 Å². The molecule has 11 heteroatoms. The molecule has 1 N–H and O–H groups in total. The molecule has 0 atom stereocenters. The minimum Gasteiger partial charge on any atom is -0.299 e. The highest BCUT2D eigenvalue weighted by Gasteiger charge is 2.16. The van der Waals surface area contributed by atoms with Gasteiger partial charge < -0.3 is 0 Å². The maximum atomic E-state index is 13.8. The number of aromatic nitrogens is 6. The quantitative estimate of drug-likeness (QED) is 0.775. The van der Waals surface area contributed by atoms with E-state index in [0.717, 1.165) is 11.3 Å². The number of nitrogens with one attached hydrogen (secondary N) is 1. The summed E-state index contributed by atoms with van der Waals surface area (Å²) in [5.41, 5.74) is 0.155. The van der Waals surface area contributed by atoms with Crippen LogP contribution in [0.15, 0.2) is 24.5 Å². The molecule has 3 rings (SSSR count). The van der Waals surface area contributed by atoms with E-state index in [1.807, 2.05) is 0 Å². The second kappa shape index (κ2) is 6.12. The lowest BCUT2D eigenvalue weighted by Gasteiger charge is -2.00. The number of carbonyl (C=O) groups is 1. The summed E-state index contributed by atoms with van der Waals surface area (Å²) < 4.78 is 15.1. The van der Waals surface area contributed by atoms with Crippen molar-refractivity contribution < 1.29 is 9.18 Å². The van der Waals surface area contributed by atoms with Crippen molar-refractivity contribution in [2.45, 2.75) is 6.54 Å². The van der Waals surface area contributed by atoms with Gasteiger partial charge in [-0.05, 0) is 22.6 Å². The van der Waals surface area contributed by atoms with Gasteiger partial charge in [-0.2, -0.15) is 0 Å². The molecule has 0 aliphatic rings. The van der Waals surface area contributed by atoms with Crippen LogP contribution in [0.25, 0.3) is 10.6 Å². The van der Waals surface area contributed by atoms with Crippen molar-refractivity contribution in [3.8, 4) is 10.6 Å². The van der Waals surface area contributed by atoms with Crippen molar-refractivity contribution in [1.29, 1.82) is 0 Å². The Morgan fingerprint density at radius 2 is 2.27 bits per heavy atom. The van der Waals surface area contributed by atoms with E-state index in [9.17, 15) is 9.18 Å². The molecule has 2 aromatic heterocycles. The third kappa shape index (κ3) is 3.07. The lowest BCUT2D eigenvalue weighted by atomic mass is 10.2. The van der Waals surface area contributed by atoms with E-state index in [0.29, 0.717) is 0 Å². The van der Waals surface area contributed by atoms with Crippen LogP contribution in [-0.4, -0.2) is 36.3 Å². The fourth-order valence-electron chi connectivity index (χ4n) is 1.64. The van der Waals surface area contributed by atoms with Crippen molar-refractivity contribution in [1.82, 2.24) is 30.4 Å². The number of benzene rings is 1. The van der Waals surface area contributed by atoms with Gasteiger partial charge in [-0.15, -0.1) is 15.3 Å². The normalized spacial score (nSPS) is 10.6. The molecule has 0 spiro atoms. The summed E-state index contributed by atoms with van der Waals surface area (Å²) in [5.74, 6) is -0.884. The van der Waals surface area contributed by atoms with Crippen molar-refractivity contribution in [3.63, 3.8) is 0 Å². The van der Waals surface area contributed by atoms with Gasteiger partial charge in [0.25, 0.3) is 0 Å². The van der Waals surface area contributed by atoms with E-state index in [1.165, 1.54) is 23.1 Å². The Labute approximate surface area is 131 Å². The molecule has 1 aromatic carbocycles. The van der Waals surface area contributed by atoms with E-state index >= 15 is 0 Å². The Morgan fingerprint density at radius 3 is 3.00 bits per heavy atom. The first-order valence-corrected chi connectivity index (χ1v) is 7.11. The molecule has 0 saturated heterocycles. The van der Waals surface area contributed by atoms with Crippen molar-refractivity contribution in [2.75, 3.05) is 5.32 Å². The second-order valence-corrected chi connectivity index (χ2v) is 5.45. The largest absolute Gasteiger partial charge is 0.299 e. The third-order valence-corrected chi connectivity index (χ3v) is 3.72. The predicted molar refractivity (Wildman–Crippen MR) is 76.8 cm³/mol. The van der Waals surface area contributed by atoms with Crippen LogP contribution in [0.2, 0.25) is 5.02 Å². The lowest BCUT2D eigenvalue weighted by molar-refractivity contribution is -0.116. The maximum Gasteiger partial charge on any atom is 0.248 e. The minimum absolute atomic E-state index is 0.0671. The predicted octanol–water partition coefficient (Wildman–Crippen LogP) is 1.62. The fraction of sp³-hybridized carbons (Fsp3) is 0.0909. The van der Waals surface area contributed by atoms with Crippen LogP contribution in [-0.2, 0) is 11.3 Å². The van der Waals surface area contributed by atoms with Crippen molar-refractivity contribution in [2.24, 2.45) is 0 Å². The summed E-state index contributed by atoms with van der Waals surface area (Å²) in [4.78, 5) is 11.8. The molecular weight excluding hydrogens is 333 g/mol. The van der Waals surface area contributed by atoms with Crippen LogP contribution in [0.5, 0.6) is 0 Å². The van der Waals surface area contributed by atoms with Crippen LogP contribution in [0.1, 0.15) is 0 Å². The van der Waals surface area contributed by atoms with Crippen molar-refractivity contribution in [3.05, 3.63) is 35.4 Å². The van der Waals surface area contributed by atoms with Gasteiger partial charge in [0.15, 0.2) is 5.01 Å². The molecule has 112 valence electrons. The smallest absolute Gasteiger partial charge is 0.248 e. The number of tetrazole rings is 1. The van der Waals surface area contributed by atoms with E-state index in [1.54, 1.807) is 6.07 Å². The number of nitrogens with zero attached hydrogens (tertiary/aromatic N) is 6. The standard InChI is InChI=1S/C11H7ClFN7OS/c12-6-2-1-3-7(13)9(6)10-16-17-11(22-10)15-8(21)4-20-5-14-18-19-20/h1-3,5H,4H2,(H,15,17,21). The van der Waals surface area contributed by atoms with Crippen LogP contribution in [0.3, 0.4) is 0 Å². The Morgan fingerprint density at radius 1 is 1.41 bits per heavy atom. The number of halogens is 2. The summed E-state index contributed by atoms with van der Waals surface area (Å²) in [6, 6.07) is 4.33. The van der Waals surface area contributed by atoms with E-state index in [-0.39, 0.29) is 33.2 Å². The second-order valence-electron chi connectivity index (χ2n) is 4.06. The average Bonchev–Trinajstić information content (AvgIpc) is 3.11. The highest BCUT2D eigenvalue weighted by molar-refractivity contribution is 7.18. The van der Waals surface area contributed by atoms with Crippen LogP contribution >= 0.6 is 22.9 Å². The Balaban J connectivity index is 1.75. The molecule has 0 radical (unpaired) electrons. The molecular formula is C11H7ClFN7OS. The van der Waals surface area contributed by atoms with Gasteiger partial charge in [-0.1, -0.05) is 29.0 Å². The summed E-state index contributed by atoms with van der Waals surface area (Å²) in [5, 5.41) is 21.3. The van der Waals surface area contributed by atoms with Gasteiger partial charge in [0, 0.05) is 0 Å². The van der Waals surface area contributed by atoms with E-state index in [4.69, 9.17) is 11.6 Å². The summed E-state index contributed by atoms with van der Waals surface area (Å²) in [6.45, 7) is -0.0671. The van der Waals surface area contributed by atoms with Gasteiger partial charge in [0.2, 0.25) is 11.0 Å². The monoisotopic (exact) mass is 339 g/mol. The van der Waals surface area contributed by atoms with E-state index < -0.39 is 5.82 Å². The highest BCUT2D eigenvalue weighted by atomic mass is 35.5. The number of carbonyl (C=O) groups excluding carboxylic acids is 1. The summed E-state index contributed by atoms with van der Waals surface area (Å²) >= 11 is 6.98. The van der Waals surface area contributed by atoms with Gasteiger partial charge in [-0.25, -0.2) is 9.07 Å². The number of rotatable bonds is 4. The zero-order chi connectivity index (χ0) is 15.5. The fourth-order valence-corrected chi connectivity index (χ4v) is 2.76. The molecule has 2 heterocycles. The number of hydrogen-bond donors (Lipinski definition) is 1. The molecule has 1 amide bonds. The molecule has 8 nitrogen and oxygen atoms in total. The maximum absolute atomic E-state index is 13.8. The first-order valence-electron chi connectivity index (χ1n) is 5.92. The number of hydrogen-bond acceptors (Lipinski definition) is 7. The summed E-state index contributed by atoms with van der Waals surface area (Å²) in [7, 11) is 0. The molecule has 0 aliphatic heterocycles. The number of anilines is 1. The molecule has 0 unspecified atom stereocenters. The van der Waals surface area contributed by atoms with Gasteiger partial charge in [0.1, 0.15) is 18.7 Å². The van der Waals surface area contributed by atoms with Crippen LogP contribution in [0, 0.1) is 5.82 Å². The first-order chi connectivity index (χ1) is 10.6. The van der Waals surface area contributed by atoms with Crippen LogP contribution in [0.4, 0.5) is 9.52 Å². The molecule has 3 aromatic rings. The minimum atomic E-state index is -0.504. The molecule has 0 aliphatic carbocycles. The number of amides is 1. The molecule has 0 fully saturated rings. The first kappa shape index (κ1) is 14.5. The van der Waals surface area contributed by atoms with Gasteiger partial charge >= 0.3 is 0 Å². The molecule has 0 saturated carbocycles. The topological polar surface area (TPSA) is 98.5 Å². The Bertz CT molecular complexity index is 786. The Kier molecular flexibility index (Phi) is 4.02. The molecule has 22 heavy (non-hydrogen) atoms. The van der Waals surface area contributed by atoms with E-state index in [2.05, 4.69) is 31.0 Å². The average molecular weight is 340 g/mol. The van der Waals surface area contributed by atoms with Crippen molar-refractivity contribution >= 4 is 34.0 Å². The molecule has 0 bridgehead atoms. The van der Waals surface area contributed by atoms with Gasteiger partial charge in [0.05, 0.1) is 10.6 Å². The zero-order valence-electron chi connectivity index (χ0n) is 10.8. The Hall–Kier alpha value is -2.46. The third-order valence-electron chi connectivity index (χ3n) is 2.55. The zero-order valence-corrected chi connectivity index (χ0v) is 12.3. The summed E-state index contributed by atoms with van der Waals surface area (Å²) in [6.07, 6.45) is 1.31. The highest BCUT2D eigenvalue weighted by Crippen LogP contribution is 2.33. The van der Waals surface area contributed by atoms with Gasteiger partial charge in [-0.3, -0.25) is 10.1 Å². The lowest BCUT2D eigenvalue weighted by Crippen LogP contribution is -2.19. The SMILES string of the molecule is O=C(Cn1cnnn1)Nc1nnc(-c2c(F)cccc2Cl)s1.